The zero-order chi connectivity index (χ0) is 17.8. The van der Waals surface area contributed by atoms with Crippen molar-refractivity contribution >= 4 is 16.1 Å². The van der Waals surface area contributed by atoms with Gasteiger partial charge in [-0.3, -0.25) is 4.79 Å². The van der Waals surface area contributed by atoms with Crippen LogP contribution in [0.3, 0.4) is 0 Å². The van der Waals surface area contributed by atoms with Gasteiger partial charge in [-0.15, -0.1) is 0 Å². The highest BCUT2D eigenvalue weighted by Gasteiger charge is 2.55. The number of ether oxygens (including phenoxy) is 1. The number of carbonyl (C=O) groups is 1. The van der Waals surface area contributed by atoms with Crippen molar-refractivity contribution in [3.05, 3.63) is 0 Å². The molecule has 0 aromatic carbocycles. The first-order valence-electron chi connectivity index (χ1n) is 8.18. The molecule has 0 radical (unpaired) electrons. The van der Waals surface area contributed by atoms with Crippen LogP contribution in [0.25, 0.3) is 0 Å². The molecule has 4 aliphatic rings. The molecule has 4 saturated carbocycles. The minimum atomic E-state index is -6.09. The molecular formula is C15H20F3O5S-. The average Bonchev–Trinajstić information content (AvgIpc) is 2.44. The smallest absolute Gasteiger partial charge is 0.364 e. The molecule has 5 nitrogen and oxygen atoms in total. The Hall–Kier alpha value is -0.830. The summed E-state index contributed by atoms with van der Waals surface area (Å²) < 4.78 is 75.6. The minimum Gasteiger partial charge on any atom is -0.743 e. The molecule has 0 spiro atoms. The highest BCUT2D eigenvalue weighted by atomic mass is 32.2. The lowest BCUT2D eigenvalue weighted by Crippen LogP contribution is -2.50. The molecule has 9 heteroatoms. The van der Waals surface area contributed by atoms with E-state index < -0.39 is 46.0 Å². The summed E-state index contributed by atoms with van der Waals surface area (Å²) in [6, 6.07) is 0. The predicted octanol–water partition coefficient (Wildman–Crippen LogP) is 2.61. The van der Waals surface area contributed by atoms with Crippen LogP contribution in [-0.4, -0.2) is 37.0 Å². The minimum absolute atomic E-state index is 0.493. The van der Waals surface area contributed by atoms with Gasteiger partial charge >= 0.3 is 11.2 Å². The van der Waals surface area contributed by atoms with Crippen molar-refractivity contribution in [3.8, 4) is 0 Å². The molecular weight excluding hydrogens is 349 g/mol. The van der Waals surface area contributed by atoms with Gasteiger partial charge in [0.25, 0.3) is 0 Å². The standard InChI is InChI=1S/C15H21F3O5S/c16-12(15(17,18)24(20,21)22)1-2-23-13(19)14-6-9-3-10(7-14)5-11(4-9)8-14/h9-12H,1-8H2,(H,20,21,22)/p-1. The van der Waals surface area contributed by atoms with E-state index >= 15 is 0 Å². The van der Waals surface area contributed by atoms with Crippen LogP contribution in [0.5, 0.6) is 0 Å². The van der Waals surface area contributed by atoms with Crippen molar-refractivity contribution in [2.24, 2.45) is 23.2 Å². The number of halogens is 3. The first-order valence-corrected chi connectivity index (χ1v) is 9.59. The maximum Gasteiger partial charge on any atom is 0.364 e. The second kappa shape index (κ2) is 5.86. The Bertz CT molecular complexity index is 583. The Morgan fingerprint density at radius 1 is 1.17 bits per heavy atom. The van der Waals surface area contributed by atoms with Crippen molar-refractivity contribution in [1.82, 2.24) is 0 Å². The largest absolute Gasteiger partial charge is 0.743 e. The maximum atomic E-state index is 13.4. The fourth-order valence-electron chi connectivity index (χ4n) is 5.09. The van der Waals surface area contributed by atoms with Crippen LogP contribution in [0.15, 0.2) is 0 Å². The SMILES string of the molecule is O=C(OCCC(F)C(F)(F)S(=O)(=O)[O-])C12CC3CC(CC(C3)C1)C2. The van der Waals surface area contributed by atoms with Gasteiger partial charge in [0, 0.05) is 6.42 Å². The van der Waals surface area contributed by atoms with Crippen LogP contribution in [0.4, 0.5) is 13.2 Å². The number of hydrogen-bond acceptors (Lipinski definition) is 5. The molecule has 0 aromatic rings. The highest BCUT2D eigenvalue weighted by molar-refractivity contribution is 7.86. The lowest BCUT2D eigenvalue weighted by molar-refractivity contribution is -0.172. The third-order valence-corrected chi connectivity index (χ3v) is 6.70. The van der Waals surface area contributed by atoms with Crippen molar-refractivity contribution in [2.45, 2.75) is 56.4 Å². The van der Waals surface area contributed by atoms with E-state index in [2.05, 4.69) is 0 Å². The molecule has 0 amide bonds. The van der Waals surface area contributed by atoms with Crippen molar-refractivity contribution in [3.63, 3.8) is 0 Å². The zero-order valence-electron chi connectivity index (χ0n) is 13.0. The van der Waals surface area contributed by atoms with Gasteiger partial charge in [-0.05, 0) is 56.3 Å². The molecule has 1 atom stereocenters. The molecule has 0 N–H and O–H groups in total. The van der Waals surface area contributed by atoms with Crippen LogP contribution >= 0.6 is 0 Å². The summed E-state index contributed by atoms with van der Waals surface area (Å²) in [6.07, 6.45) is 1.31. The molecule has 0 aromatic heterocycles. The van der Waals surface area contributed by atoms with Crippen LogP contribution in [-0.2, 0) is 19.6 Å². The monoisotopic (exact) mass is 369 g/mol. The molecule has 4 aliphatic carbocycles. The summed E-state index contributed by atoms with van der Waals surface area (Å²) in [6.45, 7) is -0.660. The Morgan fingerprint density at radius 2 is 1.62 bits per heavy atom. The van der Waals surface area contributed by atoms with Crippen LogP contribution in [0, 0.1) is 23.2 Å². The van der Waals surface area contributed by atoms with Crippen molar-refractivity contribution in [2.75, 3.05) is 6.61 Å². The summed E-state index contributed by atoms with van der Waals surface area (Å²) in [5.74, 6) is 0.982. The number of rotatable bonds is 6. The molecule has 138 valence electrons. The molecule has 0 saturated heterocycles. The van der Waals surface area contributed by atoms with Gasteiger partial charge in [0.15, 0.2) is 16.3 Å². The topological polar surface area (TPSA) is 83.5 Å². The molecule has 24 heavy (non-hydrogen) atoms. The number of esters is 1. The normalized spacial score (nSPS) is 36.6. The summed E-state index contributed by atoms with van der Waals surface area (Å²) in [5, 5.41) is -5.01. The van der Waals surface area contributed by atoms with E-state index in [0.717, 1.165) is 38.5 Å². The molecule has 4 fully saturated rings. The van der Waals surface area contributed by atoms with Crippen LogP contribution in [0.1, 0.15) is 44.9 Å². The lowest BCUT2D eigenvalue weighted by Gasteiger charge is -2.55. The van der Waals surface area contributed by atoms with E-state index in [1.807, 2.05) is 0 Å². The average molecular weight is 369 g/mol. The van der Waals surface area contributed by atoms with E-state index in [1.54, 1.807) is 0 Å². The Labute approximate surface area is 138 Å². The van der Waals surface area contributed by atoms with Crippen LogP contribution < -0.4 is 0 Å². The summed E-state index contributed by atoms with van der Waals surface area (Å²) in [7, 11) is -6.09. The third-order valence-electron chi connectivity index (χ3n) is 5.77. The number of alkyl halides is 3. The second-order valence-electron chi connectivity index (χ2n) is 7.61. The van der Waals surface area contributed by atoms with Gasteiger partial charge in [-0.1, -0.05) is 0 Å². The number of hydrogen-bond donors (Lipinski definition) is 0. The van der Waals surface area contributed by atoms with E-state index in [-0.39, 0.29) is 0 Å². The fourth-order valence-corrected chi connectivity index (χ4v) is 5.52. The first kappa shape index (κ1) is 18.0. The van der Waals surface area contributed by atoms with E-state index in [0.29, 0.717) is 17.8 Å². The highest BCUT2D eigenvalue weighted by Crippen LogP contribution is 2.60. The molecule has 4 bridgehead atoms. The number of carbonyl (C=O) groups excluding carboxylic acids is 1. The summed E-state index contributed by atoms with van der Waals surface area (Å²) in [5.41, 5.74) is -0.590. The molecule has 4 rings (SSSR count). The molecule has 0 aliphatic heterocycles. The Morgan fingerprint density at radius 3 is 2.04 bits per heavy atom. The third kappa shape index (κ3) is 3.05. The van der Waals surface area contributed by atoms with Gasteiger partial charge in [0.1, 0.15) is 0 Å². The van der Waals surface area contributed by atoms with E-state index in [1.165, 1.54) is 0 Å². The quantitative estimate of drug-likeness (QED) is 0.531. The fraction of sp³-hybridized carbons (Fsp3) is 0.933. The van der Waals surface area contributed by atoms with E-state index in [9.17, 15) is 30.9 Å². The molecule has 0 heterocycles. The van der Waals surface area contributed by atoms with Crippen molar-refractivity contribution < 1.29 is 35.7 Å². The summed E-state index contributed by atoms with van der Waals surface area (Å²) in [4.78, 5) is 12.4. The van der Waals surface area contributed by atoms with Gasteiger partial charge in [-0.25, -0.2) is 12.8 Å². The van der Waals surface area contributed by atoms with Gasteiger partial charge in [0.05, 0.1) is 12.0 Å². The second-order valence-corrected chi connectivity index (χ2v) is 9.06. The van der Waals surface area contributed by atoms with Crippen LogP contribution in [0.2, 0.25) is 0 Å². The predicted molar refractivity (Wildman–Crippen MR) is 75.7 cm³/mol. The Kier molecular flexibility index (Phi) is 4.39. The van der Waals surface area contributed by atoms with Gasteiger partial charge < -0.3 is 9.29 Å². The van der Waals surface area contributed by atoms with Gasteiger partial charge in [0.2, 0.25) is 0 Å². The summed E-state index contributed by atoms with van der Waals surface area (Å²) >= 11 is 0. The first-order chi connectivity index (χ1) is 11.0. The lowest BCUT2D eigenvalue weighted by atomic mass is 9.49. The van der Waals surface area contributed by atoms with Crippen molar-refractivity contribution in [1.29, 1.82) is 0 Å². The maximum absolute atomic E-state index is 13.4. The zero-order valence-corrected chi connectivity index (χ0v) is 13.9. The van der Waals surface area contributed by atoms with E-state index in [4.69, 9.17) is 4.74 Å². The Balaban J connectivity index is 1.55. The van der Waals surface area contributed by atoms with Gasteiger partial charge in [-0.2, -0.15) is 8.78 Å². The molecule has 1 unspecified atom stereocenters.